The van der Waals surface area contributed by atoms with E-state index >= 15 is 0 Å². The molecule has 1 heterocycles. The molecule has 0 atom stereocenters. The highest BCUT2D eigenvalue weighted by Crippen LogP contribution is 2.02. The van der Waals surface area contributed by atoms with Crippen molar-refractivity contribution in [2.75, 3.05) is 33.2 Å². The Bertz CT molecular complexity index is 226. The third-order valence-corrected chi connectivity index (χ3v) is 3.01. The number of allylic oxidation sites excluding steroid dienone is 3. The molecule has 2 N–H and O–H groups in total. The van der Waals surface area contributed by atoms with Crippen LogP contribution in [0.2, 0.25) is 0 Å². The van der Waals surface area contributed by atoms with Crippen LogP contribution in [0.4, 0.5) is 0 Å². The maximum atomic E-state index is 5.37. The summed E-state index contributed by atoms with van der Waals surface area (Å²) in [4.78, 5) is 4.92. The molecule has 0 unspecified atom stereocenters. The lowest BCUT2D eigenvalue weighted by Crippen LogP contribution is -2.47. The first kappa shape index (κ1) is 16.2. The van der Waals surface area contributed by atoms with E-state index in [2.05, 4.69) is 37.3 Å². The molecule has 0 aliphatic carbocycles. The number of hydrogen-bond acceptors (Lipinski definition) is 3. The average Bonchev–Trinajstić information content (AvgIpc) is 2.30. The Labute approximate surface area is 107 Å². The van der Waals surface area contributed by atoms with E-state index in [4.69, 9.17) is 5.73 Å². The number of nitrogens with zero attached hydrogens (tertiary/aromatic N) is 2. The van der Waals surface area contributed by atoms with Gasteiger partial charge in [-0.3, -0.25) is 4.90 Å². The normalized spacial score (nSPS) is 18.8. The first-order chi connectivity index (χ1) is 8.01. The van der Waals surface area contributed by atoms with E-state index < -0.39 is 0 Å². The summed E-state index contributed by atoms with van der Waals surface area (Å²) in [5.41, 5.74) is 6.26. The van der Waals surface area contributed by atoms with Gasteiger partial charge in [0, 0.05) is 37.9 Å². The Morgan fingerprint density at radius 3 is 2.12 bits per heavy atom. The molecule has 1 saturated heterocycles. The van der Waals surface area contributed by atoms with E-state index in [1.807, 2.05) is 6.92 Å². The minimum Gasteiger partial charge on any atom is -0.402 e. The molecule has 100 valence electrons. The van der Waals surface area contributed by atoms with Crippen molar-refractivity contribution in [2.45, 2.75) is 33.2 Å². The van der Waals surface area contributed by atoms with E-state index in [0.29, 0.717) is 0 Å². The van der Waals surface area contributed by atoms with Crippen LogP contribution in [0.25, 0.3) is 0 Å². The smallest absolute Gasteiger partial charge is 0.0112 e. The summed E-state index contributed by atoms with van der Waals surface area (Å²) in [5, 5.41) is 0. The molecule has 0 aromatic carbocycles. The molecule has 0 bridgehead atoms. The Hall–Kier alpha value is -0.800. The zero-order chi connectivity index (χ0) is 13.3. The summed E-state index contributed by atoms with van der Waals surface area (Å²) in [6, 6.07) is 0.730. The highest BCUT2D eigenvalue weighted by atomic mass is 15.3. The van der Waals surface area contributed by atoms with E-state index in [1.54, 1.807) is 12.2 Å². The summed E-state index contributed by atoms with van der Waals surface area (Å²) in [6.07, 6.45) is 4.41. The zero-order valence-electron chi connectivity index (χ0n) is 11.9. The second-order valence-electron chi connectivity index (χ2n) is 4.76. The second-order valence-corrected chi connectivity index (χ2v) is 4.76. The van der Waals surface area contributed by atoms with Gasteiger partial charge in [0.2, 0.25) is 0 Å². The fourth-order valence-corrected chi connectivity index (χ4v) is 1.61. The van der Waals surface area contributed by atoms with Crippen LogP contribution in [0.15, 0.2) is 24.4 Å². The predicted octanol–water partition coefficient (Wildman–Crippen LogP) is 2.07. The highest BCUT2D eigenvalue weighted by Gasteiger charge is 2.15. The maximum absolute atomic E-state index is 5.37. The lowest BCUT2D eigenvalue weighted by Gasteiger charge is -2.34. The standard InChI is InChI=1S/C8H18N2.C6H11N/c1-8(2)10-6-4-9(3)5-7-10;1-3-5-6(7)4-2/h8H,4-7H2,1-3H3;3,5H,1,4,7H2,2H3/b;6-5+. The lowest BCUT2D eigenvalue weighted by atomic mass is 10.2. The minimum absolute atomic E-state index is 0.730. The summed E-state index contributed by atoms with van der Waals surface area (Å²) in [5.74, 6) is 0. The van der Waals surface area contributed by atoms with E-state index in [9.17, 15) is 0 Å². The fourth-order valence-electron chi connectivity index (χ4n) is 1.61. The fraction of sp³-hybridized carbons (Fsp3) is 0.714. The molecule has 0 aromatic rings. The van der Waals surface area contributed by atoms with Crippen molar-refractivity contribution in [1.29, 1.82) is 0 Å². The monoisotopic (exact) mass is 239 g/mol. The van der Waals surface area contributed by atoms with Crippen molar-refractivity contribution in [1.82, 2.24) is 9.80 Å². The quantitative estimate of drug-likeness (QED) is 0.765. The molecule has 3 heteroatoms. The largest absolute Gasteiger partial charge is 0.402 e. The summed E-state index contributed by atoms with van der Waals surface area (Å²) >= 11 is 0. The first-order valence-electron chi connectivity index (χ1n) is 6.50. The van der Waals surface area contributed by atoms with E-state index in [-0.39, 0.29) is 0 Å². The minimum atomic E-state index is 0.730. The summed E-state index contributed by atoms with van der Waals surface area (Å²) in [7, 11) is 2.19. The molecule has 0 radical (unpaired) electrons. The van der Waals surface area contributed by atoms with Gasteiger partial charge in [0.1, 0.15) is 0 Å². The van der Waals surface area contributed by atoms with Crippen LogP contribution in [0.5, 0.6) is 0 Å². The Kier molecular flexibility index (Phi) is 8.82. The van der Waals surface area contributed by atoms with Crippen LogP contribution in [0, 0.1) is 0 Å². The number of likely N-dealkylation sites (N-methyl/N-ethyl adjacent to an activating group) is 1. The van der Waals surface area contributed by atoms with Crippen molar-refractivity contribution in [2.24, 2.45) is 5.73 Å². The van der Waals surface area contributed by atoms with E-state index in [1.165, 1.54) is 26.2 Å². The Morgan fingerprint density at radius 1 is 1.29 bits per heavy atom. The summed E-state index contributed by atoms with van der Waals surface area (Å²) in [6.45, 7) is 15.0. The van der Waals surface area contributed by atoms with Crippen LogP contribution in [-0.4, -0.2) is 49.1 Å². The van der Waals surface area contributed by atoms with Gasteiger partial charge >= 0.3 is 0 Å². The molecule has 17 heavy (non-hydrogen) atoms. The SMILES string of the molecule is C=C/C=C(/N)CC.CC(C)N1CCN(C)CC1. The molecule has 0 spiro atoms. The molecule has 0 saturated carbocycles. The number of hydrogen-bond donors (Lipinski definition) is 1. The van der Waals surface area contributed by atoms with Gasteiger partial charge in [0.05, 0.1) is 0 Å². The Balaban J connectivity index is 0.000000325. The van der Waals surface area contributed by atoms with Gasteiger partial charge in [-0.2, -0.15) is 0 Å². The zero-order valence-corrected chi connectivity index (χ0v) is 11.9. The van der Waals surface area contributed by atoms with Gasteiger partial charge in [-0.15, -0.1) is 0 Å². The van der Waals surface area contributed by atoms with Gasteiger partial charge in [0.15, 0.2) is 0 Å². The van der Waals surface area contributed by atoms with Gasteiger partial charge in [-0.05, 0) is 33.4 Å². The van der Waals surface area contributed by atoms with Crippen molar-refractivity contribution >= 4 is 0 Å². The highest BCUT2D eigenvalue weighted by molar-refractivity contribution is 5.05. The maximum Gasteiger partial charge on any atom is 0.0112 e. The van der Waals surface area contributed by atoms with Gasteiger partial charge in [-0.25, -0.2) is 0 Å². The molecule has 1 fully saturated rings. The van der Waals surface area contributed by atoms with Crippen molar-refractivity contribution < 1.29 is 0 Å². The molecule has 0 amide bonds. The van der Waals surface area contributed by atoms with Crippen LogP contribution in [0.3, 0.4) is 0 Å². The van der Waals surface area contributed by atoms with Crippen molar-refractivity contribution in [3.8, 4) is 0 Å². The number of rotatable bonds is 3. The Morgan fingerprint density at radius 2 is 1.82 bits per heavy atom. The van der Waals surface area contributed by atoms with Gasteiger partial charge < -0.3 is 10.6 Å². The first-order valence-corrected chi connectivity index (χ1v) is 6.50. The third kappa shape index (κ3) is 8.00. The predicted molar refractivity (Wildman–Crippen MR) is 77.0 cm³/mol. The summed E-state index contributed by atoms with van der Waals surface area (Å²) < 4.78 is 0. The molecule has 0 aromatic heterocycles. The van der Waals surface area contributed by atoms with Gasteiger partial charge in [0.25, 0.3) is 0 Å². The topological polar surface area (TPSA) is 32.5 Å². The molecule has 1 aliphatic rings. The van der Waals surface area contributed by atoms with Crippen LogP contribution in [0.1, 0.15) is 27.2 Å². The average molecular weight is 239 g/mol. The molecule has 1 rings (SSSR count). The van der Waals surface area contributed by atoms with E-state index in [0.717, 1.165) is 18.2 Å². The second kappa shape index (κ2) is 9.25. The molecule has 1 aliphatic heterocycles. The molecular formula is C14H29N3. The molecular weight excluding hydrogens is 210 g/mol. The van der Waals surface area contributed by atoms with Crippen LogP contribution < -0.4 is 5.73 Å². The number of nitrogens with two attached hydrogens (primary N) is 1. The van der Waals surface area contributed by atoms with Crippen LogP contribution in [-0.2, 0) is 0 Å². The van der Waals surface area contributed by atoms with Crippen molar-refractivity contribution in [3.05, 3.63) is 24.4 Å². The van der Waals surface area contributed by atoms with Crippen molar-refractivity contribution in [3.63, 3.8) is 0 Å². The third-order valence-electron chi connectivity index (χ3n) is 3.01. The van der Waals surface area contributed by atoms with Crippen LogP contribution >= 0.6 is 0 Å². The molecule has 3 nitrogen and oxygen atoms in total. The lowest BCUT2D eigenvalue weighted by molar-refractivity contribution is 0.126. The van der Waals surface area contributed by atoms with Gasteiger partial charge in [-0.1, -0.05) is 19.6 Å². The number of piperazine rings is 1.